The fourth-order valence-corrected chi connectivity index (χ4v) is 2.09. The van der Waals surface area contributed by atoms with Crippen molar-refractivity contribution in [3.05, 3.63) is 59.9 Å². The van der Waals surface area contributed by atoms with Crippen molar-refractivity contribution in [1.82, 2.24) is 9.88 Å². The summed E-state index contributed by atoms with van der Waals surface area (Å²) in [5.41, 5.74) is 3.69. The molecule has 0 aliphatic carbocycles. The molecule has 0 fully saturated rings. The van der Waals surface area contributed by atoms with Crippen molar-refractivity contribution in [3.63, 3.8) is 0 Å². The van der Waals surface area contributed by atoms with Crippen molar-refractivity contribution in [2.24, 2.45) is 0 Å². The van der Waals surface area contributed by atoms with Gasteiger partial charge in [0.15, 0.2) is 0 Å². The Morgan fingerprint density at radius 3 is 2.63 bits per heavy atom. The molecule has 1 aromatic carbocycles. The van der Waals surface area contributed by atoms with E-state index < -0.39 is 0 Å². The summed E-state index contributed by atoms with van der Waals surface area (Å²) in [7, 11) is 4.17. The van der Waals surface area contributed by atoms with Gasteiger partial charge in [-0.1, -0.05) is 24.3 Å². The van der Waals surface area contributed by atoms with Gasteiger partial charge in [0.1, 0.15) is 0 Å². The van der Waals surface area contributed by atoms with Gasteiger partial charge in [-0.3, -0.25) is 4.98 Å². The van der Waals surface area contributed by atoms with Crippen LogP contribution in [0.3, 0.4) is 0 Å². The summed E-state index contributed by atoms with van der Waals surface area (Å²) in [5.74, 6) is 0. The minimum absolute atomic E-state index is 0.247. The van der Waals surface area contributed by atoms with E-state index in [1.54, 1.807) is 6.20 Å². The molecule has 3 nitrogen and oxygen atoms in total. The zero-order valence-corrected chi connectivity index (χ0v) is 11.8. The van der Waals surface area contributed by atoms with E-state index in [1.807, 2.05) is 12.3 Å². The predicted molar refractivity (Wildman–Crippen MR) is 80.1 cm³/mol. The molecule has 0 saturated carbocycles. The molecule has 19 heavy (non-hydrogen) atoms. The van der Waals surface area contributed by atoms with Gasteiger partial charge in [-0.15, -0.1) is 0 Å². The first-order chi connectivity index (χ1) is 9.16. The van der Waals surface area contributed by atoms with Crippen LogP contribution in [0.5, 0.6) is 0 Å². The summed E-state index contributed by atoms with van der Waals surface area (Å²) in [4.78, 5) is 6.35. The maximum Gasteiger partial charge on any atom is 0.0500 e. The molecule has 2 rings (SSSR count). The minimum Gasteiger partial charge on any atom is -0.378 e. The van der Waals surface area contributed by atoms with E-state index in [1.165, 1.54) is 16.8 Å². The van der Waals surface area contributed by atoms with Gasteiger partial charge in [0.25, 0.3) is 0 Å². The molecule has 0 spiro atoms. The summed E-state index contributed by atoms with van der Waals surface area (Å²) < 4.78 is 0. The SMILES string of the molecule is CC(Nc1ccccc1CN(C)C)c1cccnc1. The molecule has 1 unspecified atom stereocenters. The third kappa shape index (κ3) is 3.80. The smallest absolute Gasteiger partial charge is 0.0500 e. The van der Waals surface area contributed by atoms with E-state index in [-0.39, 0.29) is 6.04 Å². The van der Waals surface area contributed by atoms with Crippen LogP contribution >= 0.6 is 0 Å². The number of nitrogens with zero attached hydrogens (tertiary/aromatic N) is 2. The van der Waals surface area contributed by atoms with E-state index in [9.17, 15) is 0 Å². The largest absolute Gasteiger partial charge is 0.378 e. The summed E-state index contributed by atoms with van der Waals surface area (Å²) in [6.07, 6.45) is 3.71. The molecule has 0 amide bonds. The van der Waals surface area contributed by atoms with Gasteiger partial charge in [-0.05, 0) is 44.3 Å². The van der Waals surface area contributed by atoms with Crippen LogP contribution in [0.2, 0.25) is 0 Å². The highest BCUT2D eigenvalue weighted by molar-refractivity contribution is 5.52. The van der Waals surface area contributed by atoms with Crippen LogP contribution in [0.4, 0.5) is 5.69 Å². The molecule has 3 heteroatoms. The first kappa shape index (κ1) is 13.6. The number of aromatic nitrogens is 1. The highest BCUT2D eigenvalue weighted by Crippen LogP contribution is 2.22. The zero-order valence-electron chi connectivity index (χ0n) is 11.8. The fourth-order valence-electron chi connectivity index (χ4n) is 2.09. The third-order valence-corrected chi connectivity index (χ3v) is 3.06. The number of anilines is 1. The van der Waals surface area contributed by atoms with Crippen LogP contribution in [-0.4, -0.2) is 24.0 Å². The van der Waals surface area contributed by atoms with Crippen molar-refractivity contribution >= 4 is 5.69 Å². The molecule has 0 saturated heterocycles. The first-order valence-electron chi connectivity index (χ1n) is 6.56. The third-order valence-electron chi connectivity index (χ3n) is 3.06. The van der Waals surface area contributed by atoms with Crippen LogP contribution in [0.15, 0.2) is 48.8 Å². The molecule has 0 bridgehead atoms. The summed E-state index contributed by atoms with van der Waals surface area (Å²) in [6, 6.07) is 12.8. The van der Waals surface area contributed by atoms with Gasteiger partial charge in [0.2, 0.25) is 0 Å². The molecular weight excluding hydrogens is 234 g/mol. The topological polar surface area (TPSA) is 28.2 Å². The molecule has 1 aromatic heterocycles. The number of benzene rings is 1. The molecule has 1 heterocycles. The average Bonchev–Trinajstić information content (AvgIpc) is 2.41. The van der Waals surface area contributed by atoms with Gasteiger partial charge >= 0.3 is 0 Å². The van der Waals surface area contributed by atoms with Crippen LogP contribution in [0, 0.1) is 0 Å². The van der Waals surface area contributed by atoms with E-state index >= 15 is 0 Å². The molecule has 2 aromatic rings. The van der Waals surface area contributed by atoms with Crippen LogP contribution in [0.1, 0.15) is 24.1 Å². The zero-order chi connectivity index (χ0) is 13.7. The van der Waals surface area contributed by atoms with Crippen LogP contribution < -0.4 is 5.32 Å². The number of hydrogen-bond donors (Lipinski definition) is 1. The van der Waals surface area contributed by atoms with Crippen molar-refractivity contribution in [1.29, 1.82) is 0 Å². The number of rotatable bonds is 5. The Kier molecular flexibility index (Phi) is 4.53. The number of pyridine rings is 1. The van der Waals surface area contributed by atoms with Crippen molar-refractivity contribution in [2.75, 3.05) is 19.4 Å². The molecule has 0 radical (unpaired) electrons. The maximum absolute atomic E-state index is 4.17. The molecule has 1 N–H and O–H groups in total. The molecule has 100 valence electrons. The van der Waals surface area contributed by atoms with Crippen molar-refractivity contribution < 1.29 is 0 Å². The Balaban J connectivity index is 2.15. The van der Waals surface area contributed by atoms with Crippen LogP contribution in [-0.2, 0) is 6.54 Å². The molecule has 0 aliphatic heterocycles. The van der Waals surface area contributed by atoms with Gasteiger partial charge in [0, 0.05) is 24.6 Å². The van der Waals surface area contributed by atoms with E-state index in [2.05, 4.69) is 66.6 Å². The maximum atomic E-state index is 4.17. The van der Waals surface area contributed by atoms with Crippen molar-refractivity contribution in [2.45, 2.75) is 19.5 Å². The minimum atomic E-state index is 0.247. The first-order valence-corrected chi connectivity index (χ1v) is 6.56. The Labute approximate surface area is 115 Å². The molecule has 1 atom stereocenters. The van der Waals surface area contributed by atoms with Crippen molar-refractivity contribution in [3.8, 4) is 0 Å². The molecular formula is C16H21N3. The van der Waals surface area contributed by atoms with Gasteiger partial charge in [-0.2, -0.15) is 0 Å². The van der Waals surface area contributed by atoms with E-state index in [0.29, 0.717) is 0 Å². The number of hydrogen-bond acceptors (Lipinski definition) is 3. The quantitative estimate of drug-likeness (QED) is 0.888. The van der Waals surface area contributed by atoms with E-state index in [0.717, 1.165) is 6.54 Å². The Bertz CT molecular complexity index is 508. The normalized spacial score (nSPS) is 12.4. The fraction of sp³-hybridized carbons (Fsp3) is 0.312. The van der Waals surface area contributed by atoms with Gasteiger partial charge in [0.05, 0.1) is 6.04 Å². The Morgan fingerprint density at radius 2 is 1.95 bits per heavy atom. The number of para-hydroxylation sites is 1. The predicted octanol–water partition coefficient (Wildman–Crippen LogP) is 3.32. The Morgan fingerprint density at radius 1 is 1.16 bits per heavy atom. The second-order valence-corrected chi connectivity index (χ2v) is 5.05. The highest BCUT2D eigenvalue weighted by Gasteiger charge is 2.08. The lowest BCUT2D eigenvalue weighted by molar-refractivity contribution is 0.403. The molecule has 0 aliphatic rings. The van der Waals surface area contributed by atoms with Gasteiger partial charge in [-0.25, -0.2) is 0 Å². The monoisotopic (exact) mass is 255 g/mol. The second-order valence-electron chi connectivity index (χ2n) is 5.05. The summed E-state index contributed by atoms with van der Waals surface area (Å²) in [6.45, 7) is 3.09. The lowest BCUT2D eigenvalue weighted by Crippen LogP contribution is -2.14. The average molecular weight is 255 g/mol. The second kappa shape index (κ2) is 6.34. The lowest BCUT2D eigenvalue weighted by atomic mass is 10.1. The Hall–Kier alpha value is -1.87. The number of nitrogens with one attached hydrogen (secondary N) is 1. The van der Waals surface area contributed by atoms with E-state index in [4.69, 9.17) is 0 Å². The highest BCUT2D eigenvalue weighted by atomic mass is 15.1. The van der Waals surface area contributed by atoms with Crippen LogP contribution in [0.25, 0.3) is 0 Å². The summed E-state index contributed by atoms with van der Waals surface area (Å²) >= 11 is 0. The lowest BCUT2D eigenvalue weighted by Gasteiger charge is -2.20. The van der Waals surface area contributed by atoms with Gasteiger partial charge < -0.3 is 10.2 Å². The standard InChI is InChI=1S/C16H21N3/c1-13(14-8-6-10-17-11-14)18-16-9-5-4-7-15(16)12-19(2)3/h4-11,13,18H,12H2,1-3H3. The summed E-state index contributed by atoms with van der Waals surface area (Å²) in [5, 5.41) is 3.57.